The number of rotatable bonds is 4. The average molecular weight is 406 g/mol. The van der Waals surface area contributed by atoms with Crippen molar-refractivity contribution in [3.63, 3.8) is 0 Å². The van der Waals surface area contributed by atoms with E-state index in [1.807, 2.05) is 49.1 Å². The van der Waals surface area contributed by atoms with E-state index in [-0.39, 0.29) is 5.91 Å². The van der Waals surface area contributed by atoms with Crippen LogP contribution in [0.25, 0.3) is 11.0 Å². The Bertz CT molecular complexity index is 1120. The topological polar surface area (TPSA) is 63.0 Å². The molecule has 1 saturated heterocycles. The molecule has 6 heteroatoms. The molecule has 2 heterocycles. The van der Waals surface area contributed by atoms with Crippen molar-refractivity contribution in [1.82, 2.24) is 4.90 Å². The standard InChI is InChI=1S/C24H26N2O4/c1-16-13-20(23-17(2)15-22(27)30-21(23)14-16)29-18(3)24(28)26-11-9-25(10-12-26)19-7-5-4-6-8-19/h4-8,13-15,18H,9-12H2,1-3H3. The first-order chi connectivity index (χ1) is 14.4. The molecule has 0 radical (unpaired) electrons. The van der Waals surface area contributed by atoms with Gasteiger partial charge < -0.3 is 19.0 Å². The minimum atomic E-state index is -0.635. The van der Waals surface area contributed by atoms with Gasteiger partial charge in [0.15, 0.2) is 6.10 Å². The molecule has 4 rings (SSSR count). The predicted octanol–water partition coefficient (Wildman–Crippen LogP) is 3.53. The number of nitrogens with zero attached hydrogens (tertiary/aromatic N) is 2. The lowest BCUT2D eigenvalue weighted by Crippen LogP contribution is -2.52. The molecule has 1 aliphatic heterocycles. The highest BCUT2D eigenvalue weighted by Crippen LogP contribution is 2.30. The van der Waals surface area contributed by atoms with Gasteiger partial charge in [-0.2, -0.15) is 0 Å². The Morgan fingerprint density at radius 1 is 1.03 bits per heavy atom. The zero-order valence-corrected chi connectivity index (χ0v) is 17.6. The van der Waals surface area contributed by atoms with Crippen LogP contribution < -0.4 is 15.3 Å². The number of amides is 1. The third-order valence-electron chi connectivity index (χ3n) is 5.51. The van der Waals surface area contributed by atoms with Gasteiger partial charge in [0.1, 0.15) is 11.3 Å². The van der Waals surface area contributed by atoms with Crippen molar-refractivity contribution in [2.24, 2.45) is 0 Å². The van der Waals surface area contributed by atoms with Crippen molar-refractivity contribution < 1.29 is 13.9 Å². The highest BCUT2D eigenvalue weighted by Gasteiger charge is 2.27. The number of benzene rings is 2. The first-order valence-electron chi connectivity index (χ1n) is 10.2. The van der Waals surface area contributed by atoms with Crippen LogP contribution in [-0.2, 0) is 4.79 Å². The molecule has 156 valence electrons. The molecule has 0 saturated carbocycles. The number of carbonyl (C=O) groups is 1. The molecule has 1 fully saturated rings. The number of hydrogen-bond acceptors (Lipinski definition) is 5. The Hall–Kier alpha value is -3.28. The summed E-state index contributed by atoms with van der Waals surface area (Å²) in [5.41, 5.74) is 2.94. The van der Waals surface area contributed by atoms with Crippen molar-refractivity contribution in [2.75, 3.05) is 31.1 Å². The lowest BCUT2D eigenvalue weighted by Gasteiger charge is -2.37. The van der Waals surface area contributed by atoms with Crippen LogP contribution in [0, 0.1) is 13.8 Å². The summed E-state index contributed by atoms with van der Waals surface area (Å²) in [5.74, 6) is 0.530. The SMILES string of the molecule is Cc1cc(OC(C)C(=O)N2CCN(c3ccccc3)CC2)c2c(C)cc(=O)oc2c1. The van der Waals surface area contributed by atoms with Gasteiger partial charge >= 0.3 is 5.63 Å². The van der Waals surface area contributed by atoms with Crippen LogP contribution in [-0.4, -0.2) is 43.1 Å². The van der Waals surface area contributed by atoms with Crippen molar-refractivity contribution >= 4 is 22.6 Å². The zero-order chi connectivity index (χ0) is 21.3. The van der Waals surface area contributed by atoms with Crippen LogP contribution in [0.5, 0.6) is 5.75 Å². The number of hydrogen-bond donors (Lipinski definition) is 0. The summed E-state index contributed by atoms with van der Waals surface area (Å²) < 4.78 is 11.4. The summed E-state index contributed by atoms with van der Waals surface area (Å²) in [7, 11) is 0. The highest BCUT2D eigenvalue weighted by molar-refractivity contribution is 5.88. The summed E-state index contributed by atoms with van der Waals surface area (Å²) >= 11 is 0. The molecule has 1 aliphatic rings. The summed E-state index contributed by atoms with van der Waals surface area (Å²) in [6, 6.07) is 15.4. The Kier molecular flexibility index (Phi) is 5.48. The second-order valence-electron chi connectivity index (χ2n) is 7.79. The van der Waals surface area contributed by atoms with Crippen molar-refractivity contribution in [3.8, 4) is 5.75 Å². The summed E-state index contributed by atoms with van der Waals surface area (Å²) in [6.45, 7) is 8.42. The second kappa shape index (κ2) is 8.22. The summed E-state index contributed by atoms with van der Waals surface area (Å²) in [4.78, 5) is 28.9. The molecule has 1 atom stereocenters. The Morgan fingerprint density at radius 3 is 2.43 bits per heavy atom. The fourth-order valence-electron chi connectivity index (χ4n) is 3.99. The van der Waals surface area contributed by atoms with Gasteiger partial charge in [0, 0.05) is 37.9 Å². The van der Waals surface area contributed by atoms with Gasteiger partial charge in [-0.05, 0) is 56.2 Å². The van der Waals surface area contributed by atoms with Crippen LogP contribution in [0.15, 0.2) is 57.7 Å². The lowest BCUT2D eigenvalue weighted by atomic mass is 10.1. The molecule has 3 aromatic rings. The Labute approximate surface area is 175 Å². The molecule has 0 bridgehead atoms. The van der Waals surface area contributed by atoms with E-state index in [0.717, 1.165) is 29.6 Å². The monoisotopic (exact) mass is 406 g/mol. The van der Waals surface area contributed by atoms with Crippen LogP contribution in [0.3, 0.4) is 0 Å². The predicted molar refractivity (Wildman–Crippen MR) is 117 cm³/mol. The van der Waals surface area contributed by atoms with Gasteiger partial charge in [-0.1, -0.05) is 18.2 Å². The molecule has 30 heavy (non-hydrogen) atoms. The van der Waals surface area contributed by atoms with Gasteiger partial charge in [-0.3, -0.25) is 4.79 Å². The molecule has 6 nitrogen and oxygen atoms in total. The maximum Gasteiger partial charge on any atom is 0.336 e. The maximum atomic E-state index is 13.0. The first-order valence-corrected chi connectivity index (χ1v) is 10.2. The maximum absolute atomic E-state index is 13.0. The molecule has 1 amide bonds. The molecule has 1 unspecified atom stereocenters. The number of para-hydroxylation sites is 1. The number of fused-ring (bicyclic) bond motifs is 1. The van der Waals surface area contributed by atoms with Gasteiger partial charge in [0.2, 0.25) is 0 Å². The van der Waals surface area contributed by atoms with E-state index in [9.17, 15) is 9.59 Å². The normalized spacial score (nSPS) is 15.3. The smallest absolute Gasteiger partial charge is 0.336 e. The molecule has 0 aliphatic carbocycles. The molecule has 1 aromatic heterocycles. The van der Waals surface area contributed by atoms with Crippen molar-refractivity contribution in [3.05, 3.63) is 70.1 Å². The number of anilines is 1. The van der Waals surface area contributed by atoms with E-state index in [0.29, 0.717) is 24.4 Å². The summed E-state index contributed by atoms with van der Waals surface area (Å²) in [6.07, 6.45) is -0.635. The fourth-order valence-corrected chi connectivity index (χ4v) is 3.99. The lowest BCUT2D eigenvalue weighted by molar-refractivity contribution is -0.138. The van der Waals surface area contributed by atoms with Crippen LogP contribution >= 0.6 is 0 Å². The van der Waals surface area contributed by atoms with Gasteiger partial charge in [0.05, 0.1) is 5.39 Å². The summed E-state index contributed by atoms with van der Waals surface area (Å²) in [5, 5.41) is 0.730. The average Bonchev–Trinajstić information content (AvgIpc) is 2.73. The number of ether oxygens (including phenoxy) is 1. The molecular formula is C24H26N2O4. The Morgan fingerprint density at radius 2 is 1.73 bits per heavy atom. The molecular weight excluding hydrogens is 380 g/mol. The Balaban J connectivity index is 1.48. The van der Waals surface area contributed by atoms with Gasteiger partial charge in [0.25, 0.3) is 5.91 Å². The van der Waals surface area contributed by atoms with E-state index < -0.39 is 11.7 Å². The van der Waals surface area contributed by atoms with Gasteiger partial charge in [-0.15, -0.1) is 0 Å². The van der Waals surface area contributed by atoms with Crippen molar-refractivity contribution in [2.45, 2.75) is 26.9 Å². The zero-order valence-electron chi connectivity index (χ0n) is 17.6. The van der Waals surface area contributed by atoms with E-state index in [1.165, 1.54) is 11.8 Å². The number of carbonyl (C=O) groups excluding carboxylic acids is 1. The van der Waals surface area contributed by atoms with E-state index >= 15 is 0 Å². The quantitative estimate of drug-likeness (QED) is 0.621. The molecule has 0 spiro atoms. The van der Waals surface area contributed by atoms with Crippen LogP contribution in [0.1, 0.15) is 18.1 Å². The van der Waals surface area contributed by atoms with Gasteiger partial charge in [-0.25, -0.2) is 4.79 Å². The third kappa shape index (κ3) is 4.03. The molecule has 0 N–H and O–H groups in total. The van der Waals surface area contributed by atoms with E-state index in [1.54, 1.807) is 6.92 Å². The molecule has 2 aromatic carbocycles. The van der Waals surface area contributed by atoms with Crippen molar-refractivity contribution in [1.29, 1.82) is 0 Å². The second-order valence-corrected chi connectivity index (χ2v) is 7.79. The van der Waals surface area contributed by atoms with E-state index in [2.05, 4.69) is 17.0 Å². The number of piperazine rings is 1. The third-order valence-corrected chi connectivity index (χ3v) is 5.51. The fraction of sp³-hybridized carbons (Fsp3) is 0.333. The minimum absolute atomic E-state index is 0.0348. The van der Waals surface area contributed by atoms with Crippen LogP contribution in [0.2, 0.25) is 0 Å². The first kappa shape index (κ1) is 20.0. The minimum Gasteiger partial charge on any atom is -0.480 e. The largest absolute Gasteiger partial charge is 0.480 e. The number of aryl methyl sites for hydroxylation is 2. The van der Waals surface area contributed by atoms with E-state index in [4.69, 9.17) is 9.15 Å². The highest BCUT2D eigenvalue weighted by atomic mass is 16.5. The van der Waals surface area contributed by atoms with Crippen LogP contribution in [0.4, 0.5) is 5.69 Å².